The van der Waals surface area contributed by atoms with E-state index < -0.39 is 0 Å². The Balaban J connectivity index is 1.87. The zero-order chi connectivity index (χ0) is 17.3. The molecule has 1 aromatic carbocycles. The van der Waals surface area contributed by atoms with E-state index in [0.717, 1.165) is 16.3 Å². The van der Waals surface area contributed by atoms with Crippen LogP contribution in [-0.2, 0) is 6.54 Å². The average Bonchev–Trinajstić information content (AvgIpc) is 2.56. The van der Waals surface area contributed by atoms with Gasteiger partial charge in [-0.3, -0.25) is 14.1 Å². The van der Waals surface area contributed by atoms with Crippen LogP contribution >= 0.6 is 11.6 Å². The number of aromatic nitrogens is 2. The first-order valence-electron chi connectivity index (χ1n) is 7.89. The van der Waals surface area contributed by atoms with Crippen LogP contribution in [0.25, 0.3) is 5.65 Å². The number of benzene rings is 1. The van der Waals surface area contributed by atoms with Crippen LogP contribution in [0.15, 0.2) is 53.5 Å². The van der Waals surface area contributed by atoms with Gasteiger partial charge in [-0.25, -0.2) is 4.98 Å². The number of halogens is 1. The monoisotopic (exact) mass is 341 g/mol. The number of nitrogens with zero attached hydrogens (tertiary/aromatic N) is 3. The fourth-order valence-electron chi connectivity index (χ4n) is 2.78. The largest absolute Gasteiger partial charge is 0.294 e. The Hall–Kier alpha value is -2.17. The Morgan fingerprint density at radius 2 is 1.96 bits per heavy atom. The second-order valence-electron chi connectivity index (χ2n) is 6.11. The van der Waals surface area contributed by atoms with Gasteiger partial charge >= 0.3 is 0 Å². The van der Waals surface area contributed by atoms with Crippen molar-refractivity contribution in [3.63, 3.8) is 0 Å². The first-order valence-corrected chi connectivity index (χ1v) is 8.27. The fourth-order valence-corrected chi connectivity index (χ4v) is 2.90. The van der Waals surface area contributed by atoms with E-state index >= 15 is 0 Å². The maximum absolute atomic E-state index is 12.3. The summed E-state index contributed by atoms with van der Waals surface area (Å²) < 4.78 is 1.58. The molecule has 124 valence electrons. The average molecular weight is 342 g/mol. The predicted molar refractivity (Wildman–Crippen MR) is 97.5 cm³/mol. The zero-order valence-electron chi connectivity index (χ0n) is 14.0. The molecule has 0 radical (unpaired) electrons. The van der Waals surface area contributed by atoms with Crippen LogP contribution in [0.4, 0.5) is 0 Å². The lowest BCUT2D eigenvalue weighted by Gasteiger charge is -2.25. The topological polar surface area (TPSA) is 37.6 Å². The normalized spacial score (nSPS) is 12.7. The first-order chi connectivity index (χ1) is 11.5. The molecule has 3 aromatic rings. The minimum Gasteiger partial charge on any atom is -0.294 e. The van der Waals surface area contributed by atoms with Gasteiger partial charge < -0.3 is 0 Å². The lowest BCUT2D eigenvalue weighted by atomic mass is 10.1. The Morgan fingerprint density at radius 1 is 1.25 bits per heavy atom. The summed E-state index contributed by atoms with van der Waals surface area (Å²) in [5.41, 5.74) is 3.61. The summed E-state index contributed by atoms with van der Waals surface area (Å²) in [6, 6.07) is 13.5. The summed E-state index contributed by atoms with van der Waals surface area (Å²) in [5.74, 6) is 0. The highest BCUT2D eigenvalue weighted by Gasteiger charge is 2.14. The molecule has 0 unspecified atom stereocenters. The van der Waals surface area contributed by atoms with Crippen molar-refractivity contribution in [3.8, 4) is 0 Å². The van der Waals surface area contributed by atoms with Gasteiger partial charge in [-0.1, -0.05) is 29.8 Å². The van der Waals surface area contributed by atoms with Gasteiger partial charge in [0.15, 0.2) is 0 Å². The van der Waals surface area contributed by atoms with Gasteiger partial charge in [0.05, 0.1) is 5.69 Å². The SMILES string of the molecule is Cc1cccn2c(=O)cc(CN(C)[C@H](C)c3ccc(Cl)cc3)nc12. The van der Waals surface area contributed by atoms with Crippen LogP contribution in [-0.4, -0.2) is 21.3 Å². The van der Waals surface area contributed by atoms with E-state index in [1.54, 1.807) is 16.7 Å². The van der Waals surface area contributed by atoms with Gasteiger partial charge in [-0.15, -0.1) is 0 Å². The van der Waals surface area contributed by atoms with E-state index in [1.165, 1.54) is 5.56 Å². The lowest BCUT2D eigenvalue weighted by molar-refractivity contribution is 0.250. The first kappa shape index (κ1) is 16.7. The quantitative estimate of drug-likeness (QED) is 0.723. The van der Waals surface area contributed by atoms with Crippen molar-refractivity contribution in [1.82, 2.24) is 14.3 Å². The number of rotatable bonds is 4. The van der Waals surface area contributed by atoms with E-state index in [2.05, 4.69) is 16.8 Å². The summed E-state index contributed by atoms with van der Waals surface area (Å²) >= 11 is 5.95. The van der Waals surface area contributed by atoms with Gasteiger partial charge in [0.2, 0.25) is 0 Å². The molecule has 0 aliphatic heterocycles. The third kappa shape index (κ3) is 3.35. The highest BCUT2D eigenvalue weighted by atomic mass is 35.5. The van der Waals surface area contributed by atoms with Crippen molar-refractivity contribution < 1.29 is 0 Å². The number of hydrogen-bond acceptors (Lipinski definition) is 3. The number of pyridine rings is 1. The van der Waals surface area contributed by atoms with Gasteiger partial charge in [0, 0.05) is 29.9 Å². The molecule has 0 aliphatic rings. The van der Waals surface area contributed by atoms with Gasteiger partial charge in [-0.05, 0) is 50.2 Å². The summed E-state index contributed by atoms with van der Waals surface area (Å²) in [6.45, 7) is 4.69. The fraction of sp³-hybridized carbons (Fsp3) is 0.263. The van der Waals surface area contributed by atoms with Crippen molar-refractivity contribution in [1.29, 1.82) is 0 Å². The molecule has 0 spiro atoms. The van der Waals surface area contributed by atoms with Crippen LogP contribution in [0.3, 0.4) is 0 Å². The minimum absolute atomic E-state index is 0.0498. The molecule has 24 heavy (non-hydrogen) atoms. The third-order valence-electron chi connectivity index (χ3n) is 4.36. The Labute approximate surface area is 146 Å². The van der Waals surface area contributed by atoms with Crippen molar-refractivity contribution in [2.45, 2.75) is 26.4 Å². The van der Waals surface area contributed by atoms with Crippen molar-refractivity contribution in [2.24, 2.45) is 0 Å². The molecule has 2 heterocycles. The number of hydrogen-bond donors (Lipinski definition) is 0. The van der Waals surface area contributed by atoms with Crippen molar-refractivity contribution >= 4 is 17.2 Å². The third-order valence-corrected chi connectivity index (χ3v) is 4.62. The molecule has 0 amide bonds. The lowest BCUT2D eigenvalue weighted by Crippen LogP contribution is -2.24. The predicted octanol–water partition coefficient (Wildman–Crippen LogP) is 3.85. The molecule has 0 bridgehead atoms. The van der Waals surface area contributed by atoms with Crippen LogP contribution in [0.5, 0.6) is 0 Å². The van der Waals surface area contributed by atoms with Gasteiger partial charge in [0.25, 0.3) is 5.56 Å². The molecule has 0 N–H and O–H groups in total. The number of fused-ring (bicyclic) bond motifs is 1. The maximum Gasteiger partial charge on any atom is 0.258 e. The zero-order valence-corrected chi connectivity index (χ0v) is 14.8. The molecular formula is C19H20ClN3O. The molecule has 0 saturated carbocycles. The molecule has 5 heteroatoms. The molecule has 0 saturated heterocycles. The summed E-state index contributed by atoms with van der Waals surface area (Å²) in [7, 11) is 2.03. The van der Waals surface area contributed by atoms with Crippen LogP contribution in [0.2, 0.25) is 5.02 Å². The smallest absolute Gasteiger partial charge is 0.258 e. The van der Waals surface area contributed by atoms with E-state index in [-0.39, 0.29) is 11.6 Å². The van der Waals surface area contributed by atoms with E-state index in [9.17, 15) is 4.79 Å². The van der Waals surface area contributed by atoms with Crippen molar-refractivity contribution in [3.05, 3.63) is 80.9 Å². The summed E-state index contributed by atoms with van der Waals surface area (Å²) in [5, 5.41) is 0.730. The summed E-state index contributed by atoms with van der Waals surface area (Å²) in [4.78, 5) is 19.1. The Bertz CT molecular complexity index is 918. The maximum atomic E-state index is 12.3. The molecular weight excluding hydrogens is 322 g/mol. The Kier molecular flexibility index (Phi) is 4.69. The van der Waals surface area contributed by atoms with Gasteiger partial charge in [0.1, 0.15) is 5.65 Å². The van der Waals surface area contributed by atoms with Crippen molar-refractivity contribution in [2.75, 3.05) is 7.05 Å². The highest BCUT2D eigenvalue weighted by molar-refractivity contribution is 6.30. The van der Waals surface area contributed by atoms with E-state index in [4.69, 9.17) is 11.6 Å². The van der Waals surface area contributed by atoms with Crippen LogP contribution in [0, 0.1) is 6.92 Å². The van der Waals surface area contributed by atoms with Crippen LogP contribution < -0.4 is 5.56 Å². The standard InChI is InChI=1S/C19H20ClN3O/c1-13-5-4-10-23-18(24)11-17(21-19(13)23)12-22(3)14(2)15-6-8-16(20)9-7-15/h4-11,14H,12H2,1-3H3/t14-/m1/s1. The molecule has 3 rings (SSSR count). The minimum atomic E-state index is -0.0498. The van der Waals surface area contributed by atoms with Gasteiger partial charge in [-0.2, -0.15) is 0 Å². The van der Waals surface area contributed by atoms with E-state index in [1.807, 2.05) is 50.4 Å². The molecule has 2 aromatic heterocycles. The van der Waals surface area contributed by atoms with Crippen LogP contribution in [0.1, 0.15) is 29.8 Å². The second kappa shape index (κ2) is 6.75. The summed E-state index contributed by atoms with van der Waals surface area (Å²) in [6.07, 6.45) is 1.75. The molecule has 0 fully saturated rings. The van der Waals surface area contributed by atoms with E-state index in [0.29, 0.717) is 12.2 Å². The number of aryl methyl sites for hydroxylation is 1. The Morgan fingerprint density at radius 3 is 2.67 bits per heavy atom. The molecule has 1 atom stereocenters. The molecule has 4 nitrogen and oxygen atoms in total. The highest BCUT2D eigenvalue weighted by Crippen LogP contribution is 2.22. The second-order valence-corrected chi connectivity index (χ2v) is 6.55. The molecule has 0 aliphatic carbocycles.